The van der Waals surface area contributed by atoms with Crippen molar-refractivity contribution >= 4 is 11.6 Å². The third kappa shape index (κ3) is 3.18. The summed E-state index contributed by atoms with van der Waals surface area (Å²) >= 11 is 0. The van der Waals surface area contributed by atoms with E-state index >= 15 is 0 Å². The third-order valence-electron chi connectivity index (χ3n) is 2.31. The van der Waals surface area contributed by atoms with Gasteiger partial charge in [0.2, 0.25) is 0 Å². The summed E-state index contributed by atoms with van der Waals surface area (Å²) in [6.45, 7) is 0.209. The number of hydrogen-bond donors (Lipinski definition) is 3. The lowest BCUT2D eigenvalue weighted by Gasteiger charge is -2.05. The van der Waals surface area contributed by atoms with Crippen LogP contribution in [0.1, 0.15) is 15.9 Å². The number of carbonyl (C=O) groups excluding carboxylic acids is 1. The van der Waals surface area contributed by atoms with Crippen molar-refractivity contribution in [1.82, 2.24) is 10.2 Å². The smallest absolute Gasteiger partial charge is 0.258 e. The molecule has 0 aliphatic heterocycles. The highest BCUT2D eigenvalue weighted by molar-refractivity contribution is 6.03. The molecule has 2 aromatic rings. The van der Waals surface area contributed by atoms with Gasteiger partial charge in [0.25, 0.3) is 5.91 Å². The van der Waals surface area contributed by atoms with Crippen LogP contribution in [0.5, 0.6) is 0 Å². The summed E-state index contributed by atoms with van der Waals surface area (Å²) in [4.78, 5) is 11.7. The largest absolute Gasteiger partial charge is 0.320 e. The third-order valence-corrected chi connectivity index (χ3v) is 2.31. The van der Waals surface area contributed by atoms with Gasteiger partial charge in [-0.2, -0.15) is 5.10 Å². The van der Waals surface area contributed by atoms with Crippen molar-refractivity contribution in [2.24, 2.45) is 5.73 Å². The van der Waals surface area contributed by atoms with Gasteiger partial charge in [0.15, 0.2) is 0 Å². The molecule has 0 aliphatic carbocycles. The number of amides is 1. The summed E-state index contributed by atoms with van der Waals surface area (Å²) in [5.41, 5.74) is 6.15. The van der Waals surface area contributed by atoms with Crippen LogP contribution < -0.4 is 11.1 Å². The van der Waals surface area contributed by atoms with Crippen LogP contribution in [0.3, 0.4) is 0 Å². The molecule has 2 rings (SSSR count). The molecular formula is C13H11FN4O. The van der Waals surface area contributed by atoms with Crippen molar-refractivity contribution in [3.63, 3.8) is 0 Å². The van der Waals surface area contributed by atoms with Crippen LogP contribution >= 0.6 is 0 Å². The molecule has 0 bridgehead atoms. The van der Waals surface area contributed by atoms with Gasteiger partial charge in [0, 0.05) is 11.8 Å². The molecule has 1 heterocycles. The van der Waals surface area contributed by atoms with E-state index in [0.717, 1.165) is 0 Å². The van der Waals surface area contributed by atoms with Crippen LogP contribution in [-0.2, 0) is 0 Å². The molecular weight excluding hydrogens is 247 g/mol. The minimum absolute atomic E-state index is 0.0875. The molecule has 1 aromatic heterocycles. The molecule has 1 amide bonds. The Hall–Kier alpha value is -2.65. The predicted octanol–water partition coefficient (Wildman–Crippen LogP) is 1.11. The average Bonchev–Trinajstić information content (AvgIpc) is 2.93. The van der Waals surface area contributed by atoms with Crippen molar-refractivity contribution in [1.29, 1.82) is 0 Å². The summed E-state index contributed by atoms with van der Waals surface area (Å²) in [6, 6.07) is 4.30. The monoisotopic (exact) mass is 258 g/mol. The van der Waals surface area contributed by atoms with Gasteiger partial charge < -0.3 is 11.1 Å². The van der Waals surface area contributed by atoms with Crippen molar-refractivity contribution < 1.29 is 9.18 Å². The Morgan fingerprint density at radius 1 is 1.53 bits per heavy atom. The Bertz CT molecular complexity index is 640. The molecule has 1 aromatic carbocycles. The molecule has 96 valence electrons. The number of hydrogen-bond acceptors (Lipinski definition) is 3. The lowest BCUT2D eigenvalue weighted by atomic mass is 10.2. The standard InChI is InChI=1S/C13H11FN4O/c14-11-6-9(2-1-5-15)3-4-12(11)18-13(19)10-7-16-17-8-10/h3-4,6-8H,5,15H2,(H,16,17)(H,18,19). The van der Waals surface area contributed by atoms with Crippen LogP contribution in [0.2, 0.25) is 0 Å². The van der Waals surface area contributed by atoms with Crippen molar-refractivity contribution in [3.8, 4) is 11.8 Å². The Morgan fingerprint density at radius 3 is 3.00 bits per heavy atom. The minimum Gasteiger partial charge on any atom is -0.320 e. The summed E-state index contributed by atoms with van der Waals surface area (Å²) in [7, 11) is 0. The van der Waals surface area contributed by atoms with Gasteiger partial charge in [-0.3, -0.25) is 9.89 Å². The number of halogens is 1. The Kier molecular flexibility index (Phi) is 3.90. The number of benzene rings is 1. The number of nitrogens with one attached hydrogen (secondary N) is 2. The normalized spacial score (nSPS) is 9.58. The van der Waals surface area contributed by atoms with E-state index < -0.39 is 11.7 Å². The Morgan fingerprint density at radius 2 is 2.37 bits per heavy atom. The summed E-state index contributed by atoms with van der Waals surface area (Å²) in [6.07, 6.45) is 2.78. The van der Waals surface area contributed by atoms with Crippen molar-refractivity contribution in [2.75, 3.05) is 11.9 Å². The Labute approximate surface area is 109 Å². The maximum Gasteiger partial charge on any atom is 0.258 e. The SMILES string of the molecule is NCC#Cc1ccc(NC(=O)c2cn[nH]c2)c(F)c1. The van der Waals surface area contributed by atoms with E-state index in [1.54, 1.807) is 6.07 Å². The number of H-pyrrole nitrogens is 1. The molecule has 0 atom stereocenters. The summed E-state index contributed by atoms with van der Waals surface area (Å²) in [5, 5.41) is 8.60. The van der Waals surface area contributed by atoms with Crippen LogP contribution in [0.15, 0.2) is 30.6 Å². The highest BCUT2D eigenvalue weighted by Crippen LogP contribution is 2.16. The van der Waals surface area contributed by atoms with Gasteiger partial charge in [-0.1, -0.05) is 11.8 Å². The summed E-state index contributed by atoms with van der Waals surface area (Å²) in [5.74, 6) is 4.34. The first-order valence-electron chi connectivity index (χ1n) is 5.49. The van der Waals surface area contributed by atoms with E-state index in [-0.39, 0.29) is 12.2 Å². The highest BCUT2D eigenvalue weighted by atomic mass is 19.1. The average molecular weight is 258 g/mol. The van der Waals surface area contributed by atoms with Gasteiger partial charge in [0.05, 0.1) is 24.0 Å². The van der Waals surface area contributed by atoms with E-state index in [9.17, 15) is 9.18 Å². The quantitative estimate of drug-likeness (QED) is 0.705. The zero-order valence-corrected chi connectivity index (χ0v) is 9.90. The molecule has 0 spiro atoms. The van der Waals surface area contributed by atoms with Gasteiger partial charge in [0.1, 0.15) is 5.82 Å². The minimum atomic E-state index is -0.555. The van der Waals surface area contributed by atoms with Crippen LogP contribution in [0.4, 0.5) is 10.1 Å². The van der Waals surface area contributed by atoms with Gasteiger partial charge in [-0.05, 0) is 18.2 Å². The maximum absolute atomic E-state index is 13.7. The number of carbonyl (C=O) groups is 1. The zero-order valence-electron chi connectivity index (χ0n) is 9.90. The van der Waals surface area contributed by atoms with Crippen LogP contribution in [0.25, 0.3) is 0 Å². The van der Waals surface area contributed by atoms with Gasteiger partial charge in [-0.25, -0.2) is 4.39 Å². The molecule has 0 saturated heterocycles. The van der Waals surface area contributed by atoms with Crippen molar-refractivity contribution in [2.45, 2.75) is 0 Å². The fourth-order valence-electron chi connectivity index (χ4n) is 1.42. The van der Waals surface area contributed by atoms with Gasteiger partial charge >= 0.3 is 0 Å². The molecule has 0 fully saturated rings. The molecule has 0 unspecified atom stereocenters. The number of aromatic amines is 1. The first-order chi connectivity index (χ1) is 9.20. The predicted molar refractivity (Wildman–Crippen MR) is 68.9 cm³/mol. The topological polar surface area (TPSA) is 83.8 Å². The van der Waals surface area contributed by atoms with Gasteiger partial charge in [-0.15, -0.1) is 0 Å². The fraction of sp³-hybridized carbons (Fsp3) is 0.0769. The van der Waals surface area contributed by atoms with Crippen molar-refractivity contribution in [3.05, 3.63) is 47.5 Å². The number of aromatic nitrogens is 2. The molecule has 0 aliphatic rings. The molecule has 0 saturated carbocycles. The van der Waals surface area contributed by atoms with E-state index in [1.165, 1.54) is 24.5 Å². The first kappa shape index (κ1) is 12.8. The zero-order chi connectivity index (χ0) is 13.7. The van der Waals surface area contributed by atoms with Crippen LogP contribution in [-0.4, -0.2) is 22.6 Å². The molecule has 0 radical (unpaired) electrons. The second-order valence-electron chi connectivity index (χ2n) is 3.64. The number of nitrogens with zero attached hydrogens (tertiary/aromatic N) is 1. The number of nitrogens with two attached hydrogens (primary N) is 1. The molecule has 4 N–H and O–H groups in total. The molecule has 5 nitrogen and oxygen atoms in total. The lowest BCUT2D eigenvalue weighted by Crippen LogP contribution is -2.12. The van der Waals surface area contributed by atoms with E-state index in [2.05, 4.69) is 27.4 Å². The van der Waals surface area contributed by atoms with E-state index in [4.69, 9.17) is 5.73 Å². The fourth-order valence-corrected chi connectivity index (χ4v) is 1.42. The molecule has 19 heavy (non-hydrogen) atoms. The highest BCUT2D eigenvalue weighted by Gasteiger charge is 2.10. The number of rotatable bonds is 2. The maximum atomic E-state index is 13.7. The second kappa shape index (κ2) is 5.80. The first-order valence-corrected chi connectivity index (χ1v) is 5.49. The van der Waals surface area contributed by atoms with E-state index in [0.29, 0.717) is 11.1 Å². The van der Waals surface area contributed by atoms with E-state index in [1.807, 2.05) is 0 Å². The molecule has 6 heteroatoms. The number of anilines is 1. The Balaban J connectivity index is 2.15. The summed E-state index contributed by atoms with van der Waals surface area (Å²) < 4.78 is 13.7. The lowest BCUT2D eigenvalue weighted by molar-refractivity contribution is 0.102. The van der Waals surface area contributed by atoms with Crippen LogP contribution in [0, 0.1) is 17.7 Å². The second-order valence-corrected chi connectivity index (χ2v) is 3.64.